The third-order valence-corrected chi connectivity index (χ3v) is 2.40. The predicted octanol–water partition coefficient (Wildman–Crippen LogP) is 3.01. The highest BCUT2D eigenvalue weighted by Crippen LogP contribution is 2.05. The lowest BCUT2D eigenvalue weighted by molar-refractivity contribution is 0.165. The Kier molecular flexibility index (Phi) is 7.18. The molecule has 0 fully saturated rings. The van der Waals surface area contributed by atoms with E-state index in [9.17, 15) is 4.79 Å². The van der Waals surface area contributed by atoms with Crippen LogP contribution in [-0.2, 0) is 0 Å². The second-order valence-corrected chi connectivity index (χ2v) is 4.53. The molecule has 0 aromatic heterocycles. The Labute approximate surface area is 94.2 Å². The van der Waals surface area contributed by atoms with Crippen molar-refractivity contribution in [1.82, 2.24) is 10.2 Å². The van der Waals surface area contributed by atoms with Crippen molar-refractivity contribution in [3.8, 4) is 0 Å². The van der Waals surface area contributed by atoms with E-state index in [1.165, 1.54) is 12.8 Å². The van der Waals surface area contributed by atoms with Crippen LogP contribution in [0.15, 0.2) is 0 Å². The zero-order valence-electron chi connectivity index (χ0n) is 10.8. The van der Waals surface area contributed by atoms with Gasteiger partial charge in [0.1, 0.15) is 0 Å². The number of carbonyl (C=O) groups is 1. The molecule has 0 atom stereocenters. The van der Waals surface area contributed by atoms with Crippen molar-refractivity contribution in [3.63, 3.8) is 0 Å². The van der Waals surface area contributed by atoms with E-state index in [-0.39, 0.29) is 18.1 Å². The lowest BCUT2D eigenvalue weighted by atomic mass is 10.2. The number of nitrogens with zero attached hydrogens (tertiary/aromatic N) is 1. The van der Waals surface area contributed by atoms with Gasteiger partial charge in [-0.15, -0.1) is 0 Å². The molecule has 0 aromatic rings. The van der Waals surface area contributed by atoms with Crippen LogP contribution in [0, 0.1) is 0 Å². The number of amides is 2. The first-order valence-corrected chi connectivity index (χ1v) is 6.06. The van der Waals surface area contributed by atoms with Gasteiger partial charge in [0, 0.05) is 18.6 Å². The number of unbranched alkanes of at least 4 members (excludes halogenated alkanes) is 2. The van der Waals surface area contributed by atoms with Crippen LogP contribution in [0.2, 0.25) is 0 Å². The van der Waals surface area contributed by atoms with Gasteiger partial charge in [-0.3, -0.25) is 0 Å². The summed E-state index contributed by atoms with van der Waals surface area (Å²) in [7, 11) is 0. The summed E-state index contributed by atoms with van der Waals surface area (Å²) in [5.41, 5.74) is 0. The van der Waals surface area contributed by atoms with Crippen LogP contribution in [-0.4, -0.2) is 29.6 Å². The van der Waals surface area contributed by atoms with E-state index in [0.717, 1.165) is 13.0 Å². The quantitative estimate of drug-likeness (QED) is 0.677. The van der Waals surface area contributed by atoms with Crippen molar-refractivity contribution < 1.29 is 4.79 Å². The lowest BCUT2D eigenvalue weighted by Crippen LogP contribution is -2.47. The smallest absolute Gasteiger partial charge is 0.317 e. The van der Waals surface area contributed by atoms with E-state index in [2.05, 4.69) is 12.2 Å². The third-order valence-electron chi connectivity index (χ3n) is 2.40. The van der Waals surface area contributed by atoms with Crippen molar-refractivity contribution in [2.45, 2.75) is 66.0 Å². The Morgan fingerprint density at radius 3 is 2.07 bits per heavy atom. The van der Waals surface area contributed by atoms with Crippen LogP contribution < -0.4 is 5.32 Å². The summed E-state index contributed by atoms with van der Waals surface area (Å²) in [5.74, 6) is 0. The van der Waals surface area contributed by atoms with Gasteiger partial charge in [-0.05, 0) is 34.1 Å². The highest BCUT2D eigenvalue weighted by Gasteiger charge is 2.18. The molecule has 0 unspecified atom stereocenters. The molecule has 90 valence electrons. The van der Waals surface area contributed by atoms with Gasteiger partial charge in [0.2, 0.25) is 0 Å². The van der Waals surface area contributed by atoms with Crippen molar-refractivity contribution in [1.29, 1.82) is 0 Å². The second-order valence-electron chi connectivity index (χ2n) is 4.53. The largest absolute Gasteiger partial charge is 0.338 e. The second kappa shape index (κ2) is 7.55. The first-order chi connectivity index (χ1) is 7.00. The number of nitrogens with one attached hydrogen (secondary N) is 1. The number of hydrogen-bond donors (Lipinski definition) is 1. The van der Waals surface area contributed by atoms with Crippen molar-refractivity contribution in [2.75, 3.05) is 6.54 Å². The van der Waals surface area contributed by atoms with Crippen LogP contribution in [0.25, 0.3) is 0 Å². The highest BCUT2D eigenvalue weighted by molar-refractivity contribution is 5.74. The van der Waals surface area contributed by atoms with Crippen LogP contribution in [0.3, 0.4) is 0 Å². The average Bonchev–Trinajstić information content (AvgIpc) is 2.11. The van der Waals surface area contributed by atoms with Gasteiger partial charge in [0.15, 0.2) is 0 Å². The zero-order chi connectivity index (χ0) is 11.8. The molecule has 0 aliphatic rings. The van der Waals surface area contributed by atoms with E-state index in [1.54, 1.807) is 0 Å². The SMILES string of the molecule is CCCCCNC(=O)N(C(C)C)C(C)C. The van der Waals surface area contributed by atoms with Gasteiger partial charge < -0.3 is 10.2 Å². The fraction of sp³-hybridized carbons (Fsp3) is 0.917. The molecule has 0 saturated heterocycles. The summed E-state index contributed by atoms with van der Waals surface area (Å²) in [6.45, 7) is 11.1. The van der Waals surface area contributed by atoms with Crippen LogP contribution in [0.1, 0.15) is 53.9 Å². The summed E-state index contributed by atoms with van der Waals surface area (Å²) in [4.78, 5) is 13.7. The first kappa shape index (κ1) is 14.3. The summed E-state index contributed by atoms with van der Waals surface area (Å²) in [6, 6.07) is 0.587. The molecule has 0 aliphatic heterocycles. The van der Waals surface area contributed by atoms with Gasteiger partial charge in [-0.1, -0.05) is 19.8 Å². The molecule has 0 heterocycles. The molecule has 0 rings (SSSR count). The number of urea groups is 1. The molecular weight excluding hydrogens is 188 g/mol. The van der Waals surface area contributed by atoms with Crippen molar-refractivity contribution in [2.24, 2.45) is 0 Å². The zero-order valence-corrected chi connectivity index (χ0v) is 10.8. The maximum absolute atomic E-state index is 11.8. The Morgan fingerprint density at radius 1 is 1.13 bits per heavy atom. The van der Waals surface area contributed by atoms with Gasteiger partial charge in [-0.25, -0.2) is 4.79 Å². The molecule has 0 aromatic carbocycles. The van der Waals surface area contributed by atoms with E-state index >= 15 is 0 Å². The van der Waals surface area contributed by atoms with Gasteiger partial charge in [0.05, 0.1) is 0 Å². The molecule has 2 amide bonds. The molecule has 3 heteroatoms. The monoisotopic (exact) mass is 214 g/mol. The average molecular weight is 214 g/mol. The minimum absolute atomic E-state index is 0.0658. The standard InChI is InChI=1S/C12H26N2O/c1-6-7-8-9-13-12(15)14(10(2)3)11(4)5/h10-11H,6-9H2,1-5H3,(H,13,15). The molecule has 3 nitrogen and oxygen atoms in total. The predicted molar refractivity (Wildman–Crippen MR) is 65.0 cm³/mol. The van der Waals surface area contributed by atoms with Gasteiger partial charge >= 0.3 is 6.03 Å². The summed E-state index contributed by atoms with van der Waals surface area (Å²) in [5, 5.41) is 2.97. The Morgan fingerprint density at radius 2 is 1.67 bits per heavy atom. The molecular formula is C12H26N2O. The molecule has 0 bridgehead atoms. The molecule has 0 spiro atoms. The van der Waals surface area contributed by atoms with Gasteiger partial charge in [-0.2, -0.15) is 0 Å². The maximum Gasteiger partial charge on any atom is 0.317 e. The molecule has 0 aliphatic carbocycles. The Bertz CT molecular complexity index is 170. The number of rotatable bonds is 6. The van der Waals surface area contributed by atoms with E-state index < -0.39 is 0 Å². The third kappa shape index (κ3) is 5.65. The topological polar surface area (TPSA) is 32.3 Å². The normalized spacial score (nSPS) is 10.9. The van der Waals surface area contributed by atoms with Crippen molar-refractivity contribution in [3.05, 3.63) is 0 Å². The van der Waals surface area contributed by atoms with E-state index in [4.69, 9.17) is 0 Å². The maximum atomic E-state index is 11.8. The van der Waals surface area contributed by atoms with Crippen LogP contribution in [0.5, 0.6) is 0 Å². The fourth-order valence-corrected chi connectivity index (χ4v) is 1.73. The van der Waals surface area contributed by atoms with Crippen molar-refractivity contribution >= 4 is 6.03 Å². The summed E-state index contributed by atoms with van der Waals surface area (Å²) >= 11 is 0. The Balaban J connectivity index is 3.93. The number of hydrogen-bond acceptors (Lipinski definition) is 1. The van der Waals surface area contributed by atoms with E-state index in [1.807, 2.05) is 32.6 Å². The molecule has 0 saturated carbocycles. The summed E-state index contributed by atoms with van der Waals surface area (Å²) in [6.07, 6.45) is 3.45. The molecule has 1 N–H and O–H groups in total. The lowest BCUT2D eigenvalue weighted by Gasteiger charge is -2.30. The summed E-state index contributed by atoms with van der Waals surface area (Å²) < 4.78 is 0. The first-order valence-electron chi connectivity index (χ1n) is 6.06. The minimum atomic E-state index is 0.0658. The van der Waals surface area contributed by atoms with Gasteiger partial charge in [0.25, 0.3) is 0 Å². The Hall–Kier alpha value is -0.730. The number of carbonyl (C=O) groups excluding carboxylic acids is 1. The molecule has 15 heavy (non-hydrogen) atoms. The minimum Gasteiger partial charge on any atom is -0.338 e. The fourth-order valence-electron chi connectivity index (χ4n) is 1.73. The highest BCUT2D eigenvalue weighted by atomic mass is 16.2. The molecule has 0 radical (unpaired) electrons. The van der Waals surface area contributed by atoms with Crippen LogP contribution >= 0.6 is 0 Å². The van der Waals surface area contributed by atoms with E-state index in [0.29, 0.717) is 0 Å². The van der Waals surface area contributed by atoms with Crippen LogP contribution in [0.4, 0.5) is 4.79 Å².